The quantitative estimate of drug-likeness (QED) is 0.861. The Balaban J connectivity index is 1.99. The Kier molecular flexibility index (Phi) is 4.54. The third-order valence-electron chi connectivity index (χ3n) is 3.77. The van der Waals surface area contributed by atoms with Gasteiger partial charge in [0.1, 0.15) is 0 Å². The minimum atomic E-state index is -2.86. The standard InChI is InChI=1S/C14H20ClNO2S/c1-11(13-4-3-5-14(15)8-13)9-16-6-7-19(17,18)12(2)10-16/h3-5,8,11-12H,6-7,9-10H2,1-2H3. The van der Waals surface area contributed by atoms with E-state index in [0.29, 0.717) is 19.0 Å². The van der Waals surface area contributed by atoms with E-state index in [1.807, 2.05) is 18.2 Å². The third kappa shape index (κ3) is 3.71. The monoisotopic (exact) mass is 301 g/mol. The van der Waals surface area contributed by atoms with Crippen LogP contribution in [0.3, 0.4) is 0 Å². The van der Waals surface area contributed by atoms with Gasteiger partial charge in [-0.1, -0.05) is 30.7 Å². The number of rotatable bonds is 3. The lowest BCUT2D eigenvalue weighted by Crippen LogP contribution is -2.46. The van der Waals surface area contributed by atoms with E-state index in [1.54, 1.807) is 6.92 Å². The highest BCUT2D eigenvalue weighted by Gasteiger charge is 2.29. The fourth-order valence-electron chi connectivity index (χ4n) is 2.50. The molecule has 0 aliphatic carbocycles. The Hall–Kier alpha value is -0.580. The van der Waals surface area contributed by atoms with Crippen molar-refractivity contribution in [1.29, 1.82) is 0 Å². The van der Waals surface area contributed by atoms with Gasteiger partial charge in [0.25, 0.3) is 0 Å². The van der Waals surface area contributed by atoms with Gasteiger partial charge < -0.3 is 4.90 Å². The topological polar surface area (TPSA) is 37.4 Å². The Morgan fingerprint density at radius 3 is 2.84 bits per heavy atom. The Morgan fingerprint density at radius 1 is 1.47 bits per heavy atom. The Bertz CT molecular complexity index is 544. The van der Waals surface area contributed by atoms with Gasteiger partial charge in [-0.2, -0.15) is 0 Å². The highest BCUT2D eigenvalue weighted by molar-refractivity contribution is 7.92. The summed E-state index contributed by atoms with van der Waals surface area (Å²) in [5, 5.41) is 0.492. The van der Waals surface area contributed by atoms with Crippen molar-refractivity contribution < 1.29 is 8.42 Å². The number of halogens is 1. The molecule has 1 aliphatic heterocycles. The van der Waals surface area contributed by atoms with E-state index in [0.717, 1.165) is 11.6 Å². The Labute approximate surface area is 120 Å². The molecule has 0 bridgehead atoms. The number of benzene rings is 1. The van der Waals surface area contributed by atoms with Crippen molar-refractivity contribution in [3.8, 4) is 0 Å². The number of hydrogen-bond donors (Lipinski definition) is 0. The van der Waals surface area contributed by atoms with Crippen LogP contribution in [-0.2, 0) is 9.84 Å². The van der Waals surface area contributed by atoms with Crippen LogP contribution in [0.2, 0.25) is 5.02 Å². The van der Waals surface area contributed by atoms with E-state index in [4.69, 9.17) is 11.6 Å². The normalized spacial score (nSPS) is 25.1. The maximum atomic E-state index is 11.7. The molecule has 3 nitrogen and oxygen atoms in total. The molecule has 1 aliphatic rings. The lowest BCUT2D eigenvalue weighted by molar-refractivity contribution is 0.265. The van der Waals surface area contributed by atoms with Gasteiger partial charge in [-0.3, -0.25) is 0 Å². The molecule has 0 aromatic heterocycles. The number of nitrogens with zero attached hydrogens (tertiary/aromatic N) is 1. The molecule has 0 radical (unpaired) electrons. The van der Waals surface area contributed by atoms with Crippen LogP contribution in [-0.4, -0.2) is 44.0 Å². The van der Waals surface area contributed by atoms with Gasteiger partial charge in [0.05, 0.1) is 11.0 Å². The summed E-state index contributed by atoms with van der Waals surface area (Å²) in [7, 11) is -2.86. The van der Waals surface area contributed by atoms with Crippen LogP contribution in [0.1, 0.15) is 25.3 Å². The lowest BCUT2D eigenvalue weighted by Gasteiger charge is -2.32. The van der Waals surface area contributed by atoms with Gasteiger partial charge in [0.2, 0.25) is 0 Å². The smallest absolute Gasteiger partial charge is 0.155 e. The van der Waals surface area contributed by atoms with Crippen LogP contribution in [0.25, 0.3) is 0 Å². The molecule has 0 saturated carbocycles. The third-order valence-corrected chi connectivity index (χ3v) is 6.13. The highest BCUT2D eigenvalue weighted by atomic mass is 35.5. The first kappa shape index (κ1) is 14.8. The van der Waals surface area contributed by atoms with E-state index < -0.39 is 9.84 Å². The van der Waals surface area contributed by atoms with Gasteiger partial charge >= 0.3 is 0 Å². The van der Waals surface area contributed by atoms with Gasteiger partial charge in [0, 0.05) is 24.7 Å². The second kappa shape index (κ2) is 5.81. The molecule has 5 heteroatoms. The molecular weight excluding hydrogens is 282 g/mol. The SMILES string of the molecule is CC(CN1CCS(=O)(=O)C(C)C1)c1cccc(Cl)c1. The second-order valence-corrected chi connectivity index (χ2v) is 8.37. The first-order valence-electron chi connectivity index (χ1n) is 6.58. The zero-order chi connectivity index (χ0) is 14.0. The Morgan fingerprint density at radius 2 is 2.21 bits per heavy atom. The summed E-state index contributed by atoms with van der Waals surface area (Å²) in [6.07, 6.45) is 0. The molecule has 106 valence electrons. The average molecular weight is 302 g/mol. The van der Waals surface area contributed by atoms with E-state index in [1.165, 1.54) is 5.56 Å². The van der Waals surface area contributed by atoms with Crippen molar-refractivity contribution in [3.05, 3.63) is 34.9 Å². The molecule has 2 unspecified atom stereocenters. The van der Waals surface area contributed by atoms with Crippen LogP contribution in [0.15, 0.2) is 24.3 Å². The molecule has 1 fully saturated rings. The van der Waals surface area contributed by atoms with Crippen LogP contribution in [0.5, 0.6) is 0 Å². The van der Waals surface area contributed by atoms with E-state index in [9.17, 15) is 8.42 Å². The van der Waals surface area contributed by atoms with Gasteiger partial charge in [0.15, 0.2) is 9.84 Å². The van der Waals surface area contributed by atoms with Crippen LogP contribution in [0.4, 0.5) is 0 Å². The van der Waals surface area contributed by atoms with Crippen LogP contribution in [0, 0.1) is 0 Å². The first-order chi connectivity index (χ1) is 8.88. The fraction of sp³-hybridized carbons (Fsp3) is 0.571. The van der Waals surface area contributed by atoms with Gasteiger partial charge in [-0.15, -0.1) is 0 Å². The van der Waals surface area contributed by atoms with Crippen LogP contribution < -0.4 is 0 Å². The van der Waals surface area contributed by atoms with E-state index in [2.05, 4.69) is 17.9 Å². The minimum Gasteiger partial charge on any atom is -0.300 e. The zero-order valence-corrected chi connectivity index (χ0v) is 12.9. The molecule has 0 amide bonds. The molecule has 0 N–H and O–H groups in total. The van der Waals surface area contributed by atoms with Crippen molar-refractivity contribution in [2.45, 2.75) is 25.0 Å². The summed E-state index contributed by atoms with van der Waals surface area (Å²) >= 11 is 6.00. The molecule has 19 heavy (non-hydrogen) atoms. The molecular formula is C14H20ClNO2S. The molecule has 1 saturated heterocycles. The summed E-state index contributed by atoms with van der Waals surface area (Å²) in [5.74, 6) is 0.628. The summed E-state index contributed by atoms with van der Waals surface area (Å²) in [4.78, 5) is 2.23. The van der Waals surface area contributed by atoms with E-state index in [-0.39, 0.29) is 11.0 Å². The van der Waals surface area contributed by atoms with Gasteiger partial charge in [-0.25, -0.2) is 8.42 Å². The second-order valence-electron chi connectivity index (χ2n) is 5.39. The summed E-state index contributed by atoms with van der Waals surface area (Å²) in [6.45, 7) is 6.09. The maximum Gasteiger partial charge on any atom is 0.155 e. The molecule has 1 aromatic carbocycles. The fourth-order valence-corrected chi connectivity index (χ4v) is 4.05. The number of hydrogen-bond acceptors (Lipinski definition) is 3. The summed E-state index contributed by atoms with van der Waals surface area (Å²) in [5.41, 5.74) is 1.20. The molecule has 1 aromatic rings. The molecule has 2 atom stereocenters. The van der Waals surface area contributed by atoms with Crippen LogP contribution >= 0.6 is 11.6 Å². The van der Waals surface area contributed by atoms with Crippen molar-refractivity contribution in [3.63, 3.8) is 0 Å². The predicted octanol–water partition coefficient (Wildman–Crippen LogP) is 2.56. The molecule has 2 rings (SSSR count). The van der Waals surface area contributed by atoms with Crippen molar-refractivity contribution in [2.24, 2.45) is 0 Å². The largest absolute Gasteiger partial charge is 0.300 e. The zero-order valence-electron chi connectivity index (χ0n) is 11.3. The highest BCUT2D eigenvalue weighted by Crippen LogP contribution is 2.22. The first-order valence-corrected chi connectivity index (χ1v) is 8.67. The number of sulfone groups is 1. The molecule has 1 heterocycles. The maximum absolute atomic E-state index is 11.7. The van der Waals surface area contributed by atoms with Crippen molar-refractivity contribution in [2.75, 3.05) is 25.4 Å². The average Bonchev–Trinajstić information content (AvgIpc) is 2.34. The summed E-state index contributed by atoms with van der Waals surface area (Å²) in [6, 6.07) is 7.88. The lowest BCUT2D eigenvalue weighted by atomic mass is 10.0. The summed E-state index contributed by atoms with van der Waals surface area (Å²) < 4.78 is 23.4. The van der Waals surface area contributed by atoms with Gasteiger partial charge in [-0.05, 0) is 30.5 Å². The minimum absolute atomic E-state index is 0.257. The molecule has 0 spiro atoms. The predicted molar refractivity (Wildman–Crippen MR) is 79.6 cm³/mol. The van der Waals surface area contributed by atoms with Crippen molar-refractivity contribution >= 4 is 21.4 Å². The van der Waals surface area contributed by atoms with Crippen molar-refractivity contribution in [1.82, 2.24) is 4.90 Å². The van der Waals surface area contributed by atoms with E-state index >= 15 is 0 Å².